The summed E-state index contributed by atoms with van der Waals surface area (Å²) in [6, 6.07) is 5.73. The molecule has 0 aliphatic carbocycles. The number of ether oxygens (including phenoxy) is 3. The van der Waals surface area contributed by atoms with E-state index < -0.39 is 0 Å². The molecule has 0 bridgehead atoms. The van der Waals surface area contributed by atoms with Crippen LogP contribution in [-0.2, 0) is 0 Å². The van der Waals surface area contributed by atoms with Crippen molar-refractivity contribution in [3.8, 4) is 39.6 Å². The summed E-state index contributed by atoms with van der Waals surface area (Å²) in [5.74, 6) is 1.94. The van der Waals surface area contributed by atoms with Gasteiger partial charge in [0.1, 0.15) is 0 Å². The summed E-state index contributed by atoms with van der Waals surface area (Å²) >= 11 is 1.39. The minimum absolute atomic E-state index is 0.202. The Balaban J connectivity index is 1.86. The van der Waals surface area contributed by atoms with Crippen LogP contribution in [0, 0.1) is 0 Å². The molecule has 3 heterocycles. The van der Waals surface area contributed by atoms with E-state index in [0.29, 0.717) is 17.2 Å². The predicted molar refractivity (Wildman–Crippen MR) is 81.3 cm³/mol. The van der Waals surface area contributed by atoms with Crippen molar-refractivity contribution in [2.24, 2.45) is 0 Å². The van der Waals surface area contributed by atoms with Crippen molar-refractivity contribution in [2.75, 3.05) is 13.9 Å². The molecule has 0 spiro atoms. The molecule has 0 unspecified atom stereocenters. The Labute approximate surface area is 130 Å². The Morgan fingerprint density at radius 1 is 1.18 bits per heavy atom. The van der Waals surface area contributed by atoms with Crippen LogP contribution in [0.15, 0.2) is 36.0 Å². The zero-order chi connectivity index (χ0) is 14.9. The van der Waals surface area contributed by atoms with Crippen LogP contribution in [0.3, 0.4) is 0 Å². The van der Waals surface area contributed by atoms with Crippen molar-refractivity contribution in [1.29, 1.82) is 0 Å². The quantitative estimate of drug-likeness (QED) is 0.740. The van der Waals surface area contributed by atoms with Crippen LogP contribution in [-0.4, -0.2) is 28.5 Å². The van der Waals surface area contributed by atoms with Crippen molar-refractivity contribution in [2.45, 2.75) is 0 Å². The molecule has 4 rings (SSSR count). The Kier molecular flexibility index (Phi) is 3.12. The maximum atomic E-state index is 5.48. The first-order valence-electron chi connectivity index (χ1n) is 6.56. The van der Waals surface area contributed by atoms with E-state index in [-0.39, 0.29) is 6.79 Å². The van der Waals surface area contributed by atoms with Gasteiger partial charge in [0.15, 0.2) is 11.5 Å². The minimum atomic E-state index is 0.202. The summed E-state index contributed by atoms with van der Waals surface area (Å²) in [5, 5.41) is 9.72. The lowest BCUT2D eigenvalue weighted by molar-refractivity contribution is 0.171. The first-order valence-corrected chi connectivity index (χ1v) is 7.40. The molecule has 0 saturated heterocycles. The molecule has 0 amide bonds. The molecule has 22 heavy (non-hydrogen) atoms. The van der Waals surface area contributed by atoms with Gasteiger partial charge in [-0.2, -0.15) is 14.6 Å². The summed E-state index contributed by atoms with van der Waals surface area (Å²) in [6.45, 7) is 0.202. The number of hydrogen-bond acceptors (Lipinski definition) is 7. The van der Waals surface area contributed by atoms with Gasteiger partial charge in [0.25, 0.3) is 0 Å². The van der Waals surface area contributed by atoms with Gasteiger partial charge in [-0.25, -0.2) is 0 Å². The van der Waals surface area contributed by atoms with E-state index in [2.05, 4.69) is 14.6 Å². The molecule has 1 aliphatic heterocycles. The van der Waals surface area contributed by atoms with Gasteiger partial charge >= 0.3 is 0 Å². The summed E-state index contributed by atoms with van der Waals surface area (Å²) < 4.78 is 20.8. The van der Waals surface area contributed by atoms with E-state index in [1.807, 2.05) is 23.6 Å². The van der Waals surface area contributed by atoms with Crippen LogP contribution in [0.25, 0.3) is 22.4 Å². The molecule has 6 nitrogen and oxygen atoms in total. The maximum absolute atomic E-state index is 5.48. The Bertz CT molecular complexity index is 820. The number of fused-ring (bicyclic) bond motifs is 1. The second-order valence-electron chi connectivity index (χ2n) is 4.62. The Morgan fingerprint density at radius 3 is 2.95 bits per heavy atom. The number of methoxy groups -OCH3 is 1. The highest BCUT2D eigenvalue weighted by Crippen LogP contribution is 2.45. The minimum Gasteiger partial charge on any atom is -0.493 e. The summed E-state index contributed by atoms with van der Waals surface area (Å²) in [4.78, 5) is 0. The molecule has 1 aliphatic rings. The van der Waals surface area contributed by atoms with Crippen molar-refractivity contribution in [1.82, 2.24) is 14.6 Å². The summed E-state index contributed by atoms with van der Waals surface area (Å²) in [5.41, 5.74) is 3.74. The highest BCUT2D eigenvalue weighted by molar-refractivity contribution is 7.04. The third-order valence-electron chi connectivity index (χ3n) is 3.40. The first kappa shape index (κ1) is 13.0. The zero-order valence-electron chi connectivity index (χ0n) is 11.6. The van der Waals surface area contributed by atoms with E-state index in [0.717, 1.165) is 22.4 Å². The standard InChI is InChI=1S/C15H11N3O3S/c1-19-12-4-10(5-13-15(12)21-8-20-13)14-11(7-22-18-14)9-2-3-16-17-6-9/h2-7H,8H2,1H3. The molecule has 0 atom stereocenters. The SMILES string of the molecule is COc1cc(-c2nscc2-c2ccnnc2)cc2c1OCO2. The third kappa shape index (κ3) is 2.06. The van der Waals surface area contributed by atoms with Crippen molar-refractivity contribution in [3.63, 3.8) is 0 Å². The van der Waals surface area contributed by atoms with E-state index in [1.165, 1.54) is 11.5 Å². The van der Waals surface area contributed by atoms with E-state index in [1.54, 1.807) is 19.5 Å². The molecular weight excluding hydrogens is 302 g/mol. The van der Waals surface area contributed by atoms with Crippen molar-refractivity contribution < 1.29 is 14.2 Å². The second kappa shape index (κ2) is 5.27. The van der Waals surface area contributed by atoms with Gasteiger partial charge in [0, 0.05) is 22.1 Å². The monoisotopic (exact) mass is 313 g/mol. The average molecular weight is 313 g/mol. The van der Waals surface area contributed by atoms with Gasteiger partial charge in [-0.1, -0.05) is 0 Å². The molecule has 0 N–H and O–H groups in total. The maximum Gasteiger partial charge on any atom is 0.231 e. The largest absolute Gasteiger partial charge is 0.493 e. The lowest BCUT2D eigenvalue weighted by atomic mass is 10.0. The fourth-order valence-corrected chi connectivity index (χ4v) is 3.08. The van der Waals surface area contributed by atoms with Crippen LogP contribution in [0.1, 0.15) is 0 Å². The van der Waals surface area contributed by atoms with E-state index in [4.69, 9.17) is 14.2 Å². The van der Waals surface area contributed by atoms with Gasteiger partial charge in [-0.15, -0.1) is 0 Å². The lowest BCUT2D eigenvalue weighted by Crippen LogP contribution is -1.93. The lowest BCUT2D eigenvalue weighted by Gasteiger charge is -2.08. The Hall–Kier alpha value is -2.67. The van der Waals surface area contributed by atoms with E-state index >= 15 is 0 Å². The molecule has 110 valence electrons. The predicted octanol–water partition coefficient (Wildman–Crippen LogP) is 3.00. The number of benzene rings is 1. The molecule has 0 saturated carbocycles. The molecule has 3 aromatic rings. The first-order chi connectivity index (χ1) is 10.9. The zero-order valence-corrected chi connectivity index (χ0v) is 12.5. The molecule has 1 aromatic carbocycles. The van der Waals surface area contributed by atoms with Crippen molar-refractivity contribution >= 4 is 11.5 Å². The molecular formula is C15H11N3O3S. The van der Waals surface area contributed by atoms with Crippen molar-refractivity contribution in [3.05, 3.63) is 36.0 Å². The molecule has 0 radical (unpaired) electrons. The highest BCUT2D eigenvalue weighted by atomic mass is 32.1. The third-order valence-corrected chi connectivity index (χ3v) is 4.03. The van der Waals surface area contributed by atoms with Crippen LogP contribution in [0.5, 0.6) is 17.2 Å². The fourth-order valence-electron chi connectivity index (χ4n) is 2.37. The van der Waals surface area contributed by atoms with Crippen LogP contribution in [0.4, 0.5) is 0 Å². The number of hydrogen-bond donors (Lipinski definition) is 0. The molecule has 7 heteroatoms. The number of nitrogens with zero attached hydrogens (tertiary/aromatic N) is 3. The normalized spacial score (nSPS) is 12.4. The molecule has 0 fully saturated rings. The molecule has 2 aromatic heterocycles. The van der Waals surface area contributed by atoms with Gasteiger partial charge < -0.3 is 14.2 Å². The van der Waals surface area contributed by atoms with E-state index in [9.17, 15) is 0 Å². The topological polar surface area (TPSA) is 66.4 Å². The van der Waals surface area contributed by atoms with Crippen LogP contribution in [0.2, 0.25) is 0 Å². The summed E-state index contributed by atoms with van der Waals surface area (Å²) in [6.07, 6.45) is 3.38. The van der Waals surface area contributed by atoms with Crippen LogP contribution >= 0.6 is 11.5 Å². The smallest absolute Gasteiger partial charge is 0.231 e. The van der Waals surface area contributed by atoms with Crippen LogP contribution < -0.4 is 14.2 Å². The summed E-state index contributed by atoms with van der Waals surface area (Å²) in [7, 11) is 1.61. The van der Waals surface area contributed by atoms with Gasteiger partial charge in [-0.3, -0.25) is 0 Å². The second-order valence-corrected chi connectivity index (χ2v) is 5.25. The van der Waals surface area contributed by atoms with Gasteiger partial charge in [-0.05, 0) is 29.7 Å². The van der Waals surface area contributed by atoms with Gasteiger partial charge in [0.05, 0.1) is 25.2 Å². The highest BCUT2D eigenvalue weighted by Gasteiger charge is 2.22. The Morgan fingerprint density at radius 2 is 2.14 bits per heavy atom. The fraction of sp³-hybridized carbons (Fsp3) is 0.133. The number of rotatable bonds is 3. The van der Waals surface area contributed by atoms with Gasteiger partial charge in [0.2, 0.25) is 12.5 Å². The average Bonchev–Trinajstić information content (AvgIpc) is 3.23. The number of aromatic nitrogens is 3.